The SMILES string of the molecule is CC(C)(C)c1cc(-c2ccc(-c3nc(-c4ccccc4)nc(-c4ccccc4)n3)cc2-c2ccccc2)c2oc3c(C(C)(C)C)cc(C(C)(C)C)c4ccc1c2c43. The highest BCUT2D eigenvalue weighted by Gasteiger charge is 2.32. The molecule has 0 atom stereocenters. The van der Waals surface area contributed by atoms with Crippen molar-refractivity contribution in [3.05, 3.63) is 150 Å². The van der Waals surface area contributed by atoms with Crippen LogP contribution in [0.15, 0.2) is 138 Å². The van der Waals surface area contributed by atoms with Crippen molar-refractivity contribution < 1.29 is 4.42 Å². The Morgan fingerprint density at radius 3 is 1.28 bits per heavy atom. The van der Waals surface area contributed by atoms with E-state index in [1.54, 1.807) is 0 Å². The molecule has 0 unspecified atom stereocenters. The van der Waals surface area contributed by atoms with Crippen molar-refractivity contribution in [3.63, 3.8) is 0 Å². The molecule has 2 aromatic heterocycles. The molecule has 9 aromatic rings. The van der Waals surface area contributed by atoms with Gasteiger partial charge in [0.1, 0.15) is 11.2 Å². The fourth-order valence-electron chi connectivity index (χ4n) is 8.39. The van der Waals surface area contributed by atoms with Gasteiger partial charge in [-0.2, -0.15) is 0 Å². The molecule has 57 heavy (non-hydrogen) atoms. The Hall–Kier alpha value is -6.13. The van der Waals surface area contributed by atoms with Gasteiger partial charge in [0, 0.05) is 38.6 Å². The van der Waals surface area contributed by atoms with Crippen molar-refractivity contribution in [1.82, 2.24) is 15.0 Å². The minimum Gasteiger partial charge on any atom is -0.455 e. The molecule has 282 valence electrons. The lowest BCUT2D eigenvalue weighted by atomic mass is 9.76. The molecule has 0 aliphatic rings. The number of aromatic nitrogens is 3. The van der Waals surface area contributed by atoms with Crippen molar-refractivity contribution in [2.75, 3.05) is 0 Å². The van der Waals surface area contributed by atoms with Gasteiger partial charge in [-0.3, -0.25) is 0 Å². The lowest BCUT2D eigenvalue weighted by Crippen LogP contribution is -2.17. The first-order chi connectivity index (χ1) is 27.2. The van der Waals surface area contributed by atoms with Gasteiger partial charge in [-0.05, 0) is 67.0 Å². The molecule has 0 saturated heterocycles. The van der Waals surface area contributed by atoms with Crippen molar-refractivity contribution >= 4 is 32.7 Å². The first-order valence-corrected chi connectivity index (χ1v) is 20.0. The highest BCUT2D eigenvalue weighted by Crippen LogP contribution is 2.51. The molecule has 9 rings (SSSR count). The molecule has 4 heteroatoms. The van der Waals surface area contributed by atoms with E-state index in [9.17, 15) is 0 Å². The van der Waals surface area contributed by atoms with E-state index in [1.807, 2.05) is 60.7 Å². The fraction of sp³-hybridized carbons (Fsp3) is 0.226. The smallest absolute Gasteiger partial charge is 0.164 e. The number of hydrogen-bond donors (Lipinski definition) is 0. The maximum absolute atomic E-state index is 7.29. The van der Waals surface area contributed by atoms with Gasteiger partial charge in [0.05, 0.1) is 0 Å². The zero-order valence-corrected chi connectivity index (χ0v) is 34.5. The monoisotopic (exact) mass is 743 g/mol. The summed E-state index contributed by atoms with van der Waals surface area (Å²) in [4.78, 5) is 15.2. The van der Waals surface area contributed by atoms with Gasteiger partial charge < -0.3 is 4.42 Å². The second-order valence-corrected chi connectivity index (χ2v) is 18.5. The van der Waals surface area contributed by atoms with Crippen LogP contribution < -0.4 is 0 Å². The summed E-state index contributed by atoms with van der Waals surface area (Å²) < 4.78 is 7.29. The molecule has 2 heterocycles. The third-order valence-electron chi connectivity index (χ3n) is 11.3. The highest BCUT2D eigenvalue weighted by molar-refractivity contribution is 6.26. The third kappa shape index (κ3) is 6.38. The number of rotatable bonds is 5. The van der Waals surface area contributed by atoms with E-state index < -0.39 is 0 Å². The van der Waals surface area contributed by atoms with Crippen LogP contribution in [0.1, 0.15) is 79.0 Å². The van der Waals surface area contributed by atoms with Crippen LogP contribution in [0.2, 0.25) is 0 Å². The van der Waals surface area contributed by atoms with E-state index in [1.165, 1.54) is 38.2 Å². The van der Waals surface area contributed by atoms with E-state index >= 15 is 0 Å². The van der Waals surface area contributed by atoms with Crippen LogP contribution in [0.3, 0.4) is 0 Å². The molecule has 0 fully saturated rings. The second kappa shape index (κ2) is 13.2. The van der Waals surface area contributed by atoms with E-state index in [0.717, 1.165) is 50.1 Å². The molecule has 0 bridgehead atoms. The Labute approximate surface area is 336 Å². The predicted octanol–water partition coefficient (Wildman–Crippen LogP) is 14.6. The molecular formula is C53H49N3O. The Kier molecular flexibility index (Phi) is 8.48. The normalized spacial score (nSPS) is 12.6. The van der Waals surface area contributed by atoms with Crippen LogP contribution in [0.4, 0.5) is 0 Å². The molecule has 4 nitrogen and oxygen atoms in total. The zero-order valence-electron chi connectivity index (χ0n) is 34.5. The van der Waals surface area contributed by atoms with Gasteiger partial charge in [-0.15, -0.1) is 0 Å². The molecule has 0 amide bonds. The molecule has 0 radical (unpaired) electrons. The molecule has 0 spiro atoms. The lowest BCUT2D eigenvalue weighted by molar-refractivity contribution is 0.561. The topological polar surface area (TPSA) is 51.8 Å². The zero-order chi connectivity index (χ0) is 39.9. The minimum absolute atomic E-state index is 0.0501. The maximum Gasteiger partial charge on any atom is 0.164 e. The van der Waals surface area contributed by atoms with Crippen LogP contribution in [0.25, 0.3) is 89.1 Å². The predicted molar refractivity (Wildman–Crippen MR) is 239 cm³/mol. The van der Waals surface area contributed by atoms with Crippen LogP contribution in [0, 0.1) is 0 Å². The van der Waals surface area contributed by atoms with Gasteiger partial charge in [0.25, 0.3) is 0 Å². The summed E-state index contributed by atoms with van der Waals surface area (Å²) in [6.45, 7) is 20.8. The van der Waals surface area contributed by atoms with Crippen molar-refractivity contribution in [1.29, 1.82) is 0 Å². The Morgan fingerprint density at radius 1 is 0.351 bits per heavy atom. The number of benzene rings is 7. The molecule has 0 aliphatic heterocycles. The van der Waals surface area contributed by atoms with Crippen molar-refractivity contribution in [2.45, 2.75) is 78.6 Å². The minimum atomic E-state index is -0.127. The van der Waals surface area contributed by atoms with Crippen LogP contribution in [-0.4, -0.2) is 15.0 Å². The summed E-state index contributed by atoms with van der Waals surface area (Å²) in [6, 6.07) is 47.1. The molecule has 0 saturated carbocycles. The van der Waals surface area contributed by atoms with Crippen LogP contribution in [0.5, 0.6) is 0 Å². The molecular weight excluding hydrogens is 695 g/mol. The van der Waals surface area contributed by atoms with E-state index in [0.29, 0.717) is 17.5 Å². The van der Waals surface area contributed by atoms with Crippen molar-refractivity contribution in [3.8, 4) is 56.4 Å². The maximum atomic E-state index is 7.29. The van der Waals surface area contributed by atoms with Crippen LogP contribution in [-0.2, 0) is 16.2 Å². The summed E-state index contributed by atoms with van der Waals surface area (Å²) >= 11 is 0. The van der Waals surface area contributed by atoms with Gasteiger partial charge >= 0.3 is 0 Å². The first kappa shape index (κ1) is 36.5. The fourth-order valence-corrected chi connectivity index (χ4v) is 8.39. The largest absolute Gasteiger partial charge is 0.455 e. The summed E-state index contributed by atoms with van der Waals surface area (Å²) in [6.07, 6.45) is 0. The third-order valence-corrected chi connectivity index (χ3v) is 11.3. The van der Waals surface area contributed by atoms with Gasteiger partial charge in [-0.1, -0.05) is 184 Å². The molecule has 7 aromatic carbocycles. The average molecular weight is 744 g/mol. The summed E-state index contributed by atoms with van der Waals surface area (Å²) in [7, 11) is 0. The molecule has 0 N–H and O–H groups in total. The number of nitrogens with zero attached hydrogens (tertiary/aromatic N) is 3. The second-order valence-electron chi connectivity index (χ2n) is 18.5. The summed E-state index contributed by atoms with van der Waals surface area (Å²) in [5, 5.41) is 4.97. The number of hydrogen-bond acceptors (Lipinski definition) is 4. The quantitative estimate of drug-likeness (QED) is 0.165. The Bertz CT molecular complexity index is 2860. The molecule has 0 aliphatic carbocycles. The lowest BCUT2D eigenvalue weighted by Gasteiger charge is -2.27. The highest BCUT2D eigenvalue weighted by atomic mass is 16.3. The van der Waals surface area contributed by atoms with Gasteiger partial charge in [0.2, 0.25) is 0 Å². The van der Waals surface area contributed by atoms with E-state index in [2.05, 4.69) is 135 Å². The van der Waals surface area contributed by atoms with Gasteiger partial charge in [0.15, 0.2) is 17.5 Å². The first-order valence-electron chi connectivity index (χ1n) is 20.0. The summed E-state index contributed by atoms with van der Waals surface area (Å²) in [5.74, 6) is 1.91. The van der Waals surface area contributed by atoms with Gasteiger partial charge in [-0.25, -0.2) is 15.0 Å². The number of furan rings is 1. The Morgan fingerprint density at radius 2 is 0.789 bits per heavy atom. The van der Waals surface area contributed by atoms with Crippen LogP contribution >= 0.6 is 0 Å². The average Bonchev–Trinajstić information content (AvgIpc) is 3.60. The summed E-state index contributed by atoms with van der Waals surface area (Å²) in [5.41, 5.74) is 12.7. The van der Waals surface area contributed by atoms with Crippen molar-refractivity contribution in [2.24, 2.45) is 0 Å². The standard InChI is InChI=1S/C53H49N3O/c1-51(2,3)41-30-40(46-44-37(41)27-28-38-42(52(4,5)6)31-43(53(7,8)9)47(57-46)45(38)44)36-26-25-35(29-39(36)32-19-13-10-14-20-32)50-55-48(33-21-15-11-16-22-33)54-49(56-50)34-23-17-12-18-24-34/h10-31H,1-9H3. The van der Waals surface area contributed by atoms with E-state index in [-0.39, 0.29) is 16.2 Å². The van der Waals surface area contributed by atoms with E-state index in [4.69, 9.17) is 19.4 Å². The Balaban J connectivity index is 1.36.